The van der Waals surface area contributed by atoms with Crippen LogP contribution < -0.4 is 0 Å². The predicted molar refractivity (Wildman–Crippen MR) is 192 cm³/mol. The van der Waals surface area contributed by atoms with Crippen LogP contribution in [0, 0.1) is 0 Å². The molecule has 0 spiro atoms. The van der Waals surface area contributed by atoms with Crippen LogP contribution >= 0.6 is 0 Å². The molecule has 0 aliphatic heterocycles. The van der Waals surface area contributed by atoms with E-state index >= 15 is 0 Å². The van der Waals surface area contributed by atoms with E-state index in [9.17, 15) is 14.7 Å². The maximum absolute atomic E-state index is 12.2. The van der Waals surface area contributed by atoms with Crippen LogP contribution in [0.1, 0.15) is 144 Å². The zero-order chi connectivity index (χ0) is 33.0. The molecule has 6 heteroatoms. The van der Waals surface area contributed by atoms with E-state index in [1.807, 2.05) is 54.0 Å². The summed E-state index contributed by atoms with van der Waals surface area (Å²) in [5.41, 5.74) is 3.25. The normalized spacial score (nSPS) is 11.1. The van der Waals surface area contributed by atoms with Crippen LogP contribution in [0.25, 0.3) is 21.8 Å². The van der Waals surface area contributed by atoms with Crippen molar-refractivity contribution in [2.45, 2.75) is 137 Å². The number of carboxylic acid groups (broad SMARTS) is 1. The third-order valence-electron chi connectivity index (χ3n) is 8.80. The van der Waals surface area contributed by atoms with Crippen LogP contribution in [-0.2, 0) is 17.8 Å². The van der Waals surface area contributed by atoms with Gasteiger partial charge in [-0.2, -0.15) is 0 Å². The van der Waals surface area contributed by atoms with Crippen LogP contribution in [0.5, 0.6) is 0 Å². The first-order valence-corrected chi connectivity index (χ1v) is 18.1. The molecular formula is C40H58N2O4. The average Bonchev–Trinajstić information content (AvgIpc) is 3.63. The van der Waals surface area contributed by atoms with Crippen LogP contribution in [0.15, 0.2) is 60.7 Å². The second-order valence-electron chi connectivity index (χ2n) is 12.5. The molecule has 252 valence electrons. The number of hydrogen-bond donors (Lipinski definition) is 1. The number of benzene rings is 2. The highest BCUT2D eigenvalue weighted by Gasteiger charge is 2.16. The number of carboxylic acids is 1. The van der Waals surface area contributed by atoms with Gasteiger partial charge in [0.2, 0.25) is 0 Å². The molecule has 0 amide bonds. The van der Waals surface area contributed by atoms with Gasteiger partial charge in [0.05, 0.1) is 6.61 Å². The van der Waals surface area contributed by atoms with Crippen LogP contribution in [0.4, 0.5) is 0 Å². The van der Waals surface area contributed by atoms with Crippen LogP contribution in [0.3, 0.4) is 0 Å². The molecule has 0 aliphatic carbocycles. The van der Waals surface area contributed by atoms with E-state index < -0.39 is 5.97 Å². The highest BCUT2D eigenvalue weighted by molar-refractivity contribution is 5.96. The smallest absolute Gasteiger partial charge is 0.354 e. The van der Waals surface area contributed by atoms with Gasteiger partial charge in [-0.15, -0.1) is 0 Å². The van der Waals surface area contributed by atoms with Crippen molar-refractivity contribution in [2.24, 2.45) is 0 Å². The fourth-order valence-corrected chi connectivity index (χ4v) is 6.26. The third-order valence-corrected chi connectivity index (χ3v) is 8.80. The zero-order valence-corrected chi connectivity index (χ0v) is 28.8. The predicted octanol–water partition coefficient (Wildman–Crippen LogP) is 11.4. The minimum absolute atomic E-state index is 0.215. The summed E-state index contributed by atoms with van der Waals surface area (Å²) in [4.78, 5) is 23.6. The number of aromatic carboxylic acids is 1. The first kappa shape index (κ1) is 36.9. The number of esters is 1. The number of carbonyl (C=O) groups excluding carboxylic acids is 1. The van der Waals surface area contributed by atoms with Crippen molar-refractivity contribution in [3.63, 3.8) is 0 Å². The zero-order valence-electron chi connectivity index (χ0n) is 28.8. The molecule has 0 bridgehead atoms. The fraction of sp³-hybridized carbons (Fsp3) is 0.550. The first-order valence-electron chi connectivity index (χ1n) is 18.1. The lowest BCUT2D eigenvalue weighted by molar-refractivity contribution is 0.0513. The van der Waals surface area contributed by atoms with Crippen molar-refractivity contribution in [2.75, 3.05) is 6.61 Å². The van der Waals surface area contributed by atoms with Crippen molar-refractivity contribution in [1.29, 1.82) is 0 Å². The topological polar surface area (TPSA) is 73.5 Å². The number of rotatable bonds is 21. The first-order chi connectivity index (χ1) is 22.5. The Morgan fingerprint density at radius 1 is 0.565 bits per heavy atom. The Morgan fingerprint density at radius 2 is 0.957 bits per heavy atom. The lowest BCUT2D eigenvalue weighted by atomic mass is 10.1. The van der Waals surface area contributed by atoms with E-state index in [-0.39, 0.29) is 5.97 Å². The van der Waals surface area contributed by atoms with Gasteiger partial charge in [0, 0.05) is 34.9 Å². The third kappa shape index (κ3) is 11.7. The summed E-state index contributed by atoms with van der Waals surface area (Å²) < 4.78 is 9.30. The summed E-state index contributed by atoms with van der Waals surface area (Å²) in [6, 6.07) is 19.8. The van der Waals surface area contributed by atoms with E-state index in [2.05, 4.69) is 30.5 Å². The average molecular weight is 631 g/mol. The van der Waals surface area contributed by atoms with Gasteiger partial charge in [-0.25, -0.2) is 9.59 Å². The van der Waals surface area contributed by atoms with Crippen molar-refractivity contribution in [3.8, 4) is 0 Å². The van der Waals surface area contributed by atoms with Gasteiger partial charge in [0.1, 0.15) is 11.4 Å². The van der Waals surface area contributed by atoms with Crippen molar-refractivity contribution in [1.82, 2.24) is 9.13 Å². The van der Waals surface area contributed by atoms with E-state index in [0.29, 0.717) is 18.0 Å². The molecule has 0 unspecified atom stereocenters. The maximum Gasteiger partial charge on any atom is 0.354 e. The highest BCUT2D eigenvalue weighted by Crippen LogP contribution is 2.23. The number of aryl methyl sites for hydroxylation is 2. The highest BCUT2D eigenvalue weighted by atomic mass is 16.5. The fourth-order valence-electron chi connectivity index (χ4n) is 6.26. The number of unbranched alkanes of at least 4 members (excludes halogenated alkanes) is 14. The molecule has 0 saturated carbocycles. The monoisotopic (exact) mass is 630 g/mol. The number of carbonyl (C=O) groups is 2. The quantitative estimate of drug-likeness (QED) is 0.0734. The maximum atomic E-state index is 12.2. The summed E-state index contributed by atoms with van der Waals surface area (Å²) >= 11 is 0. The van der Waals surface area contributed by atoms with Crippen molar-refractivity contribution < 1.29 is 19.4 Å². The molecule has 6 nitrogen and oxygen atoms in total. The summed E-state index contributed by atoms with van der Waals surface area (Å²) in [6.45, 7) is 8.44. The van der Waals surface area contributed by atoms with E-state index in [0.717, 1.165) is 47.7 Å². The molecule has 0 atom stereocenters. The SMILES string of the molecule is CCCCCCCCCCn1c(C(=O)O)cc2ccccc21.CCCCCCCCCCn1c(C(=O)OCC)cc2ccccc21. The van der Waals surface area contributed by atoms with Gasteiger partial charge >= 0.3 is 11.9 Å². The second-order valence-corrected chi connectivity index (χ2v) is 12.5. The molecule has 4 aromatic rings. The molecule has 1 N–H and O–H groups in total. The molecular weight excluding hydrogens is 572 g/mol. The van der Waals surface area contributed by atoms with Gasteiger partial charge in [0.15, 0.2) is 0 Å². The van der Waals surface area contributed by atoms with Gasteiger partial charge in [-0.05, 0) is 44.0 Å². The van der Waals surface area contributed by atoms with Crippen molar-refractivity contribution in [3.05, 3.63) is 72.1 Å². The van der Waals surface area contributed by atoms with Gasteiger partial charge in [0.25, 0.3) is 0 Å². The number of fused-ring (bicyclic) bond motifs is 2. The summed E-state index contributed by atoms with van der Waals surface area (Å²) in [7, 11) is 0. The van der Waals surface area contributed by atoms with E-state index in [1.54, 1.807) is 6.07 Å². The van der Waals surface area contributed by atoms with Gasteiger partial charge in [-0.1, -0.05) is 140 Å². The molecule has 2 heterocycles. The lowest BCUT2D eigenvalue weighted by Gasteiger charge is -2.10. The Hall–Kier alpha value is -3.54. The molecule has 0 aliphatic rings. The largest absolute Gasteiger partial charge is 0.477 e. The van der Waals surface area contributed by atoms with E-state index in [4.69, 9.17) is 4.74 Å². The molecule has 0 radical (unpaired) electrons. The Balaban J connectivity index is 0.000000251. The minimum atomic E-state index is -0.837. The Kier molecular flexibility index (Phi) is 17.1. The summed E-state index contributed by atoms with van der Waals surface area (Å²) in [5.74, 6) is -1.05. The Labute approximate surface area is 277 Å². The Bertz CT molecular complexity index is 1450. The summed E-state index contributed by atoms with van der Waals surface area (Å²) in [6.07, 6.45) is 20.4. The standard InChI is InChI=1S/C21H31NO2.C19H27NO2/c1-3-5-6-7-8-9-10-13-16-22-19-15-12-11-14-18(19)17-20(22)21(23)24-4-2;1-2-3-4-5-6-7-8-11-14-20-17-13-10-9-12-16(17)15-18(20)19(21)22/h11-12,14-15,17H,3-10,13,16H2,1-2H3;9-10,12-13,15H,2-8,11,14H2,1H3,(H,21,22). The number of hydrogen-bond acceptors (Lipinski definition) is 3. The van der Waals surface area contributed by atoms with E-state index in [1.165, 1.54) is 89.9 Å². The number of ether oxygens (including phenoxy) is 1. The van der Waals surface area contributed by atoms with Gasteiger partial charge < -0.3 is 19.0 Å². The molecule has 2 aromatic heterocycles. The second kappa shape index (κ2) is 21.3. The van der Waals surface area contributed by atoms with Gasteiger partial charge in [-0.3, -0.25) is 0 Å². The number of para-hydroxylation sites is 2. The molecule has 46 heavy (non-hydrogen) atoms. The lowest BCUT2D eigenvalue weighted by Crippen LogP contribution is -2.12. The summed E-state index contributed by atoms with van der Waals surface area (Å²) in [5, 5.41) is 11.5. The van der Waals surface area contributed by atoms with Crippen LogP contribution in [-0.4, -0.2) is 32.8 Å². The number of nitrogens with zero attached hydrogens (tertiary/aromatic N) is 2. The minimum Gasteiger partial charge on any atom is -0.477 e. The number of aromatic nitrogens is 2. The molecule has 0 saturated heterocycles. The Morgan fingerprint density at radius 3 is 1.39 bits per heavy atom. The molecule has 4 rings (SSSR count). The molecule has 2 aromatic carbocycles. The molecule has 0 fully saturated rings. The van der Waals surface area contributed by atoms with Crippen LogP contribution in [0.2, 0.25) is 0 Å². The van der Waals surface area contributed by atoms with Crippen molar-refractivity contribution >= 4 is 33.7 Å².